The summed E-state index contributed by atoms with van der Waals surface area (Å²) in [5.41, 5.74) is -1.91. The van der Waals surface area contributed by atoms with Crippen molar-refractivity contribution < 1.29 is 40.3 Å². The summed E-state index contributed by atoms with van der Waals surface area (Å²) in [5.74, 6) is -18.9. The van der Waals surface area contributed by atoms with Crippen molar-refractivity contribution in [3.05, 3.63) is 77.0 Å². The Kier molecular flexibility index (Phi) is 5.47. The molecule has 0 unspecified atom stereocenters. The van der Waals surface area contributed by atoms with Crippen LogP contribution in [-0.2, 0) is 5.92 Å². The minimum atomic E-state index is -3.47. The van der Waals surface area contributed by atoms with E-state index in [1.165, 1.54) is 24.3 Å². The molecule has 0 atom stereocenters. The molecule has 0 aliphatic heterocycles. The summed E-state index contributed by atoms with van der Waals surface area (Å²) in [6.45, 7) is 0.538. The lowest BCUT2D eigenvalue weighted by molar-refractivity contribution is 0.0129. The lowest BCUT2D eigenvalue weighted by atomic mass is 10.1. The maximum Gasteiger partial charge on any atom is 0.364 e. The fraction of sp³-hybridized carbons (Fsp3) is 0.105. The lowest BCUT2D eigenvalue weighted by Gasteiger charge is -2.15. The van der Waals surface area contributed by atoms with Crippen LogP contribution >= 0.6 is 0 Å². The highest BCUT2D eigenvalue weighted by atomic mass is 19.3. The molecular weight excluding hydrogens is 421 g/mol. The van der Waals surface area contributed by atoms with Crippen molar-refractivity contribution >= 4 is 5.97 Å². The van der Waals surface area contributed by atoms with Gasteiger partial charge in [-0.1, -0.05) is 30.3 Å². The van der Waals surface area contributed by atoms with Gasteiger partial charge in [0.2, 0.25) is 34.8 Å². The van der Waals surface area contributed by atoms with Crippen LogP contribution in [0.5, 0.6) is 5.75 Å². The summed E-state index contributed by atoms with van der Waals surface area (Å²) in [5, 5.41) is 0. The average Bonchev–Trinajstić information content (AvgIpc) is 2.73. The van der Waals surface area contributed by atoms with E-state index in [0.29, 0.717) is 13.1 Å². The Labute approximate surface area is 164 Å². The first-order chi connectivity index (χ1) is 14.0. The Morgan fingerprint density at radius 3 is 1.97 bits per heavy atom. The molecule has 1 aromatic heterocycles. The molecule has 0 bridgehead atoms. The average molecular weight is 430 g/mol. The number of carbonyl (C=O) groups is 1. The number of carbonyl (C=O) groups excluding carboxylic acids is 1. The van der Waals surface area contributed by atoms with Gasteiger partial charge in [0.05, 0.1) is 11.9 Å². The number of ether oxygens (including phenoxy) is 1. The molecule has 3 rings (SSSR count). The van der Waals surface area contributed by atoms with Crippen LogP contribution in [0.15, 0.2) is 36.5 Å². The summed E-state index contributed by atoms with van der Waals surface area (Å²) >= 11 is 0. The fourth-order valence-electron chi connectivity index (χ4n) is 2.43. The molecule has 0 aliphatic carbocycles. The normalized spacial score (nSPS) is 11.5. The Balaban J connectivity index is 2.07. The topological polar surface area (TPSA) is 52.1 Å². The van der Waals surface area contributed by atoms with Crippen molar-refractivity contribution in [2.45, 2.75) is 12.8 Å². The first-order valence-electron chi connectivity index (χ1n) is 8.06. The van der Waals surface area contributed by atoms with Gasteiger partial charge in [0, 0.05) is 12.5 Å². The Bertz CT molecular complexity index is 1100. The molecule has 0 saturated heterocycles. The number of hydrogen-bond donors (Lipinski definition) is 0. The van der Waals surface area contributed by atoms with Crippen LogP contribution in [0.2, 0.25) is 0 Å². The molecule has 0 N–H and O–H groups in total. The van der Waals surface area contributed by atoms with Gasteiger partial charge in [0.15, 0.2) is 5.69 Å². The van der Waals surface area contributed by atoms with Crippen LogP contribution in [0.1, 0.15) is 23.1 Å². The molecule has 0 amide bonds. The molecule has 11 heteroatoms. The number of aromatic nitrogens is 2. The molecule has 0 saturated carbocycles. The number of rotatable bonds is 4. The molecule has 0 fully saturated rings. The second-order valence-electron chi connectivity index (χ2n) is 6.00. The second kappa shape index (κ2) is 7.73. The Morgan fingerprint density at radius 1 is 0.900 bits per heavy atom. The Morgan fingerprint density at radius 2 is 1.43 bits per heavy atom. The molecule has 2 aromatic carbocycles. The van der Waals surface area contributed by atoms with Gasteiger partial charge >= 0.3 is 5.97 Å². The van der Waals surface area contributed by atoms with Gasteiger partial charge in [-0.2, -0.15) is 17.6 Å². The van der Waals surface area contributed by atoms with Gasteiger partial charge in [-0.15, -0.1) is 0 Å². The zero-order valence-corrected chi connectivity index (χ0v) is 14.8. The molecular formula is C19H9F7N2O2. The van der Waals surface area contributed by atoms with Crippen molar-refractivity contribution in [1.29, 1.82) is 0 Å². The minimum absolute atomic E-state index is 0.132. The summed E-state index contributed by atoms with van der Waals surface area (Å²) in [6.07, 6.45) is 0.535. The van der Waals surface area contributed by atoms with Crippen LogP contribution in [0.3, 0.4) is 0 Å². The van der Waals surface area contributed by atoms with Crippen molar-refractivity contribution in [2.75, 3.05) is 0 Å². The van der Waals surface area contributed by atoms with Gasteiger partial charge in [-0.3, -0.25) is 4.98 Å². The van der Waals surface area contributed by atoms with E-state index >= 15 is 0 Å². The lowest BCUT2D eigenvalue weighted by Crippen LogP contribution is -2.19. The van der Waals surface area contributed by atoms with Crippen LogP contribution in [-0.4, -0.2) is 15.9 Å². The molecule has 156 valence electrons. The minimum Gasteiger partial charge on any atom is -0.415 e. The highest BCUT2D eigenvalue weighted by molar-refractivity contribution is 5.89. The van der Waals surface area contributed by atoms with E-state index < -0.39 is 63.8 Å². The van der Waals surface area contributed by atoms with Crippen molar-refractivity contribution in [1.82, 2.24) is 9.97 Å². The monoisotopic (exact) mass is 430 g/mol. The summed E-state index contributed by atoms with van der Waals surface area (Å²) in [4.78, 5) is 19.4. The summed E-state index contributed by atoms with van der Waals surface area (Å²) in [6, 6.07) is 7.35. The first kappa shape index (κ1) is 21.2. The van der Waals surface area contributed by atoms with Gasteiger partial charge in [0.25, 0.3) is 5.92 Å². The predicted molar refractivity (Wildman–Crippen MR) is 88.2 cm³/mol. The number of esters is 1. The third-order valence-electron chi connectivity index (χ3n) is 3.81. The molecule has 0 radical (unpaired) electrons. The zero-order valence-electron chi connectivity index (χ0n) is 14.8. The van der Waals surface area contributed by atoms with E-state index in [1.807, 2.05) is 0 Å². The van der Waals surface area contributed by atoms with Crippen LogP contribution in [0.25, 0.3) is 11.3 Å². The third-order valence-corrected chi connectivity index (χ3v) is 3.81. The van der Waals surface area contributed by atoms with Crippen molar-refractivity contribution in [3.63, 3.8) is 0 Å². The number of halogens is 7. The molecule has 4 nitrogen and oxygen atoms in total. The Hall–Kier alpha value is -3.50. The molecule has 0 aliphatic rings. The van der Waals surface area contributed by atoms with Gasteiger partial charge in [0.1, 0.15) is 5.69 Å². The third kappa shape index (κ3) is 3.82. The number of hydrogen-bond acceptors (Lipinski definition) is 4. The fourth-order valence-corrected chi connectivity index (χ4v) is 2.43. The van der Waals surface area contributed by atoms with Crippen molar-refractivity contribution in [3.8, 4) is 17.0 Å². The van der Waals surface area contributed by atoms with Crippen LogP contribution in [0, 0.1) is 29.1 Å². The SMILES string of the molecule is CC(F)(F)c1ncc(C(=O)Oc2c(F)c(F)c(F)c(F)c2F)nc1-c1ccccc1. The highest BCUT2D eigenvalue weighted by Crippen LogP contribution is 2.33. The maximum atomic E-state index is 13.9. The predicted octanol–water partition coefficient (Wildman–Crippen LogP) is 5.17. The largest absolute Gasteiger partial charge is 0.415 e. The van der Waals surface area contributed by atoms with E-state index in [9.17, 15) is 35.5 Å². The van der Waals surface area contributed by atoms with Crippen molar-refractivity contribution in [2.24, 2.45) is 0 Å². The highest BCUT2D eigenvalue weighted by Gasteiger charge is 2.33. The summed E-state index contributed by atoms with van der Waals surface area (Å²) < 4.78 is 99.1. The molecule has 0 spiro atoms. The number of benzene rings is 2. The van der Waals surface area contributed by atoms with E-state index in [-0.39, 0.29) is 5.56 Å². The van der Waals surface area contributed by atoms with E-state index in [4.69, 9.17) is 0 Å². The molecule has 3 aromatic rings. The van der Waals surface area contributed by atoms with Gasteiger partial charge < -0.3 is 4.74 Å². The first-order valence-corrected chi connectivity index (χ1v) is 8.06. The molecule has 30 heavy (non-hydrogen) atoms. The van der Waals surface area contributed by atoms with Gasteiger partial charge in [-0.25, -0.2) is 22.9 Å². The van der Waals surface area contributed by atoms with E-state index in [1.54, 1.807) is 6.07 Å². The van der Waals surface area contributed by atoms with Crippen LogP contribution < -0.4 is 4.74 Å². The van der Waals surface area contributed by atoms with E-state index in [2.05, 4.69) is 14.7 Å². The standard InChI is InChI=1S/C19H9F7N2O2/c1-19(25,26)17-15(8-5-3-2-4-6-8)28-9(7-27-17)18(29)30-16-13(23)11(21)10(20)12(22)14(16)24/h2-7H,1H3. The van der Waals surface area contributed by atoms with Crippen LogP contribution in [0.4, 0.5) is 30.7 Å². The number of nitrogens with zero attached hydrogens (tertiary/aromatic N) is 2. The smallest absolute Gasteiger partial charge is 0.364 e. The quantitative estimate of drug-likeness (QED) is 0.188. The second-order valence-corrected chi connectivity index (χ2v) is 6.00. The molecule has 1 heterocycles. The zero-order chi connectivity index (χ0) is 22.2. The van der Waals surface area contributed by atoms with E-state index in [0.717, 1.165) is 0 Å². The van der Waals surface area contributed by atoms with Gasteiger partial charge in [-0.05, 0) is 0 Å². The maximum absolute atomic E-state index is 13.9. The summed E-state index contributed by atoms with van der Waals surface area (Å²) in [7, 11) is 0. The number of alkyl halides is 2.